The third-order valence-corrected chi connectivity index (χ3v) is 5.51. The van der Waals surface area contributed by atoms with E-state index in [1.807, 2.05) is 14.0 Å². The molecule has 1 aromatic heterocycles. The van der Waals surface area contributed by atoms with Crippen LogP contribution in [0.5, 0.6) is 0 Å². The standard InChI is InChI=1S/C17H21FN4O2S.ClH/c1-10(19-2)7-15-21-17(24-22-15)13-9-25-14(16(23)20-13)8-11-5-3-4-6-12(11)18;/h3-6,10,13-14,19H,7-9H2,1-2H3,(H,20,23);1H. The molecule has 9 heteroatoms. The van der Waals surface area contributed by atoms with Crippen LogP contribution in [0.4, 0.5) is 4.39 Å². The van der Waals surface area contributed by atoms with Gasteiger partial charge in [0.2, 0.25) is 11.8 Å². The van der Waals surface area contributed by atoms with Crippen LogP contribution >= 0.6 is 24.2 Å². The highest BCUT2D eigenvalue weighted by atomic mass is 35.5. The number of rotatable bonds is 6. The van der Waals surface area contributed by atoms with Gasteiger partial charge < -0.3 is 15.2 Å². The fourth-order valence-electron chi connectivity index (χ4n) is 2.61. The van der Waals surface area contributed by atoms with Crippen molar-refractivity contribution in [3.8, 4) is 0 Å². The number of hydrogen-bond acceptors (Lipinski definition) is 6. The molecule has 1 aliphatic rings. The summed E-state index contributed by atoms with van der Waals surface area (Å²) in [5, 5.41) is 9.67. The number of nitrogens with zero attached hydrogens (tertiary/aromatic N) is 2. The molecule has 0 bridgehead atoms. The Balaban J connectivity index is 0.00000243. The minimum absolute atomic E-state index is 0. The summed E-state index contributed by atoms with van der Waals surface area (Å²) in [4.78, 5) is 16.7. The maximum atomic E-state index is 13.8. The predicted molar refractivity (Wildman–Crippen MR) is 101 cm³/mol. The van der Waals surface area contributed by atoms with Crippen molar-refractivity contribution in [1.29, 1.82) is 0 Å². The van der Waals surface area contributed by atoms with Gasteiger partial charge in [-0.2, -0.15) is 4.98 Å². The summed E-state index contributed by atoms with van der Waals surface area (Å²) in [7, 11) is 1.87. The lowest BCUT2D eigenvalue weighted by Gasteiger charge is -2.26. The van der Waals surface area contributed by atoms with E-state index in [0.717, 1.165) is 0 Å². The Morgan fingerprint density at radius 1 is 1.46 bits per heavy atom. The van der Waals surface area contributed by atoms with Crippen molar-refractivity contribution in [2.75, 3.05) is 12.8 Å². The Labute approximate surface area is 162 Å². The molecule has 1 aliphatic heterocycles. The first-order chi connectivity index (χ1) is 12.1. The van der Waals surface area contributed by atoms with Gasteiger partial charge >= 0.3 is 0 Å². The molecule has 26 heavy (non-hydrogen) atoms. The lowest BCUT2D eigenvalue weighted by molar-refractivity contribution is -0.121. The number of aromatic nitrogens is 2. The average Bonchev–Trinajstić information content (AvgIpc) is 3.07. The molecule has 0 saturated carbocycles. The van der Waals surface area contributed by atoms with Crippen LogP contribution < -0.4 is 10.6 Å². The van der Waals surface area contributed by atoms with Crippen LogP contribution in [0.3, 0.4) is 0 Å². The fraction of sp³-hybridized carbons (Fsp3) is 0.471. The summed E-state index contributed by atoms with van der Waals surface area (Å²) < 4.78 is 19.1. The second-order valence-electron chi connectivity index (χ2n) is 6.12. The van der Waals surface area contributed by atoms with Crippen LogP contribution in [0.15, 0.2) is 28.8 Å². The number of nitrogens with one attached hydrogen (secondary N) is 2. The summed E-state index contributed by atoms with van der Waals surface area (Å²) in [5.41, 5.74) is 0.551. The topological polar surface area (TPSA) is 80.0 Å². The second kappa shape index (κ2) is 9.34. The van der Waals surface area contributed by atoms with Crippen molar-refractivity contribution >= 4 is 30.1 Å². The molecule has 1 aromatic carbocycles. The average molecular weight is 401 g/mol. The number of amides is 1. The number of benzene rings is 1. The lowest BCUT2D eigenvalue weighted by Crippen LogP contribution is -2.42. The highest BCUT2D eigenvalue weighted by molar-refractivity contribution is 8.00. The molecule has 2 aromatic rings. The van der Waals surface area contributed by atoms with E-state index in [0.29, 0.717) is 35.9 Å². The Kier molecular flexibility index (Phi) is 7.43. The molecular weight excluding hydrogens is 379 g/mol. The van der Waals surface area contributed by atoms with E-state index in [1.54, 1.807) is 18.2 Å². The SMILES string of the molecule is CNC(C)Cc1noc(C2CSC(Cc3ccccc3F)C(=O)N2)n1.Cl. The molecule has 2 N–H and O–H groups in total. The van der Waals surface area contributed by atoms with E-state index in [-0.39, 0.29) is 41.5 Å². The lowest BCUT2D eigenvalue weighted by atomic mass is 10.1. The van der Waals surface area contributed by atoms with Gasteiger partial charge in [0.05, 0.1) is 5.25 Å². The van der Waals surface area contributed by atoms with Crippen molar-refractivity contribution in [3.05, 3.63) is 47.4 Å². The Hall–Kier alpha value is -1.64. The largest absolute Gasteiger partial charge is 0.343 e. The monoisotopic (exact) mass is 400 g/mol. The first-order valence-electron chi connectivity index (χ1n) is 8.22. The first-order valence-corrected chi connectivity index (χ1v) is 9.27. The molecule has 3 unspecified atom stereocenters. The number of halogens is 2. The van der Waals surface area contributed by atoms with Crippen LogP contribution in [0, 0.1) is 5.82 Å². The van der Waals surface area contributed by atoms with Gasteiger partial charge in [0.1, 0.15) is 11.9 Å². The summed E-state index contributed by atoms with van der Waals surface area (Å²) in [6.07, 6.45) is 1.02. The number of thioether (sulfide) groups is 1. The van der Waals surface area contributed by atoms with Gasteiger partial charge in [0, 0.05) is 18.2 Å². The van der Waals surface area contributed by atoms with Gasteiger partial charge in [0.25, 0.3) is 0 Å². The van der Waals surface area contributed by atoms with Gasteiger partial charge in [0.15, 0.2) is 5.82 Å². The maximum absolute atomic E-state index is 13.8. The molecule has 0 spiro atoms. The third-order valence-electron chi connectivity index (χ3n) is 4.20. The normalized spacial score (nSPS) is 21.0. The summed E-state index contributed by atoms with van der Waals surface area (Å²) >= 11 is 1.49. The third kappa shape index (κ3) is 4.96. The molecule has 2 heterocycles. The number of likely N-dealkylation sites (N-methyl/N-ethyl adjacent to an activating group) is 1. The van der Waals surface area contributed by atoms with E-state index in [9.17, 15) is 9.18 Å². The first kappa shape index (κ1) is 20.7. The van der Waals surface area contributed by atoms with Crippen molar-refractivity contribution in [2.45, 2.75) is 37.1 Å². The van der Waals surface area contributed by atoms with E-state index >= 15 is 0 Å². The second-order valence-corrected chi connectivity index (χ2v) is 7.36. The fourth-order valence-corrected chi connectivity index (χ4v) is 3.78. The molecule has 6 nitrogen and oxygen atoms in total. The van der Waals surface area contributed by atoms with Gasteiger partial charge in [-0.25, -0.2) is 4.39 Å². The molecule has 0 radical (unpaired) electrons. The van der Waals surface area contributed by atoms with Crippen molar-refractivity contribution in [1.82, 2.24) is 20.8 Å². The van der Waals surface area contributed by atoms with Crippen molar-refractivity contribution < 1.29 is 13.7 Å². The van der Waals surface area contributed by atoms with Crippen LogP contribution in [0.2, 0.25) is 0 Å². The molecule has 142 valence electrons. The van der Waals surface area contributed by atoms with Crippen molar-refractivity contribution in [3.63, 3.8) is 0 Å². The highest BCUT2D eigenvalue weighted by Gasteiger charge is 2.32. The number of hydrogen-bond donors (Lipinski definition) is 2. The van der Waals surface area contributed by atoms with Crippen LogP contribution in [0.1, 0.15) is 30.2 Å². The van der Waals surface area contributed by atoms with Crippen LogP contribution in [-0.2, 0) is 17.6 Å². The quantitative estimate of drug-likeness (QED) is 0.774. The van der Waals surface area contributed by atoms with E-state index < -0.39 is 0 Å². The van der Waals surface area contributed by atoms with Gasteiger partial charge in [-0.05, 0) is 32.0 Å². The van der Waals surface area contributed by atoms with Crippen molar-refractivity contribution in [2.24, 2.45) is 0 Å². The zero-order chi connectivity index (χ0) is 17.8. The van der Waals surface area contributed by atoms with E-state index in [1.165, 1.54) is 17.8 Å². The van der Waals surface area contributed by atoms with E-state index in [4.69, 9.17) is 4.52 Å². The maximum Gasteiger partial charge on any atom is 0.250 e. The summed E-state index contributed by atoms with van der Waals surface area (Å²) in [6, 6.07) is 6.48. The molecule has 3 atom stereocenters. The molecule has 1 fully saturated rings. The highest BCUT2D eigenvalue weighted by Crippen LogP contribution is 2.28. The minimum Gasteiger partial charge on any atom is -0.343 e. The van der Waals surface area contributed by atoms with E-state index in [2.05, 4.69) is 20.8 Å². The number of carbonyl (C=O) groups excluding carboxylic acids is 1. The zero-order valence-corrected chi connectivity index (χ0v) is 16.2. The Bertz CT molecular complexity index is 745. The predicted octanol–water partition coefficient (Wildman–Crippen LogP) is 2.30. The summed E-state index contributed by atoms with van der Waals surface area (Å²) in [5.74, 6) is 1.24. The van der Waals surface area contributed by atoms with Gasteiger partial charge in [-0.3, -0.25) is 4.79 Å². The Morgan fingerprint density at radius 2 is 2.23 bits per heavy atom. The molecule has 1 saturated heterocycles. The molecule has 0 aliphatic carbocycles. The molecule has 3 rings (SSSR count). The van der Waals surface area contributed by atoms with Gasteiger partial charge in [-0.1, -0.05) is 23.4 Å². The zero-order valence-electron chi connectivity index (χ0n) is 14.6. The molecular formula is C17H22ClFN4O2S. The van der Waals surface area contributed by atoms with Gasteiger partial charge in [-0.15, -0.1) is 24.2 Å². The van der Waals surface area contributed by atoms with Crippen LogP contribution in [0.25, 0.3) is 0 Å². The molecule has 1 amide bonds. The smallest absolute Gasteiger partial charge is 0.250 e. The summed E-state index contributed by atoms with van der Waals surface area (Å²) in [6.45, 7) is 2.03. The van der Waals surface area contributed by atoms with Crippen LogP contribution in [-0.4, -0.2) is 40.1 Å². The Morgan fingerprint density at radius 3 is 2.92 bits per heavy atom. The minimum atomic E-state index is -0.320. The number of carbonyl (C=O) groups is 1.